The molecular formula is C72H48N6S2. The summed E-state index contributed by atoms with van der Waals surface area (Å²) in [5.41, 5.74) is 18.0. The maximum Gasteiger partial charge on any atom is 0.164 e. The van der Waals surface area contributed by atoms with Crippen LogP contribution in [0, 0.1) is 0 Å². The lowest BCUT2D eigenvalue weighted by molar-refractivity contribution is 0.660. The lowest BCUT2D eigenvalue weighted by Gasteiger charge is -2.22. The van der Waals surface area contributed by atoms with Gasteiger partial charge in [-0.1, -0.05) is 191 Å². The van der Waals surface area contributed by atoms with Gasteiger partial charge in [-0.15, -0.1) is 22.7 Å². The van der Waals surface area contributed by atoms with Gasteiger partial charge in [-0.3, -0.25) is 0 Å². The van der Waals surface area contributed by atoms with Crippen LogP contribution in [-0.4, -0.2) is 29.9 Å². The number of hydrogen-bond donors (Lipinski definition) is 0. The van der Waals surface area contributed by atoms with Gasteiger partial charge in [0.1, 0.15) is 0 Å². The standard InChI is InChI=1S/C72H48N6S2/c1-71(2)57-21-13-11-19-49(57)50-30-25-46(37-59(50)71)69-75-66(42-17-9-6-10-18-42)76-70(78-69)48-27-33-55-54-32-24-44(39-63(54)80-64(55)40-48)43-23-29-51-52-31-26-47(38-60(52)72(3,4)58(51)36-43)68-74-65(41-15-7-5-8-16-41)73-67(77-68)45-28-34-62-56(35-45)53-20-12-14-22-61(53)79-62/h5-40H,1-4H3. The molecule has 2 aliphatic rings. The molecule has 4 heterocycles. The fourth-order valence-electron chi connectivity index (χ4n) is 12.6. The highest BCUT2D eigenvalue weighted by atomic mass is 32.1. The number of hydrogen-bond acceptors (Lipinski definition) is 8. The Morgan fingerprint density at radius 1 is 0.237 bits per heavy atom. The first-order valence-electron chi connectivity index (χ1n) is 27.2. The Kier molecular flexibility index (Phi) is 10.3. The summed E-state index contributed by atoms with van der Waals surface area (Å²) in [5.74, 6) is 3.94. The largest absolute Gasteiger partial charge is 0.208 e. The fourth-order valence-corrected chi connectivity index (χ4v) is 14.8. The molecule has 0 aliphatic heterocycles. The Morgan fingerprint density at radius 3 is 1.18 bits per heavy atom. The number of nitrogens with zero attached hydrogens (tertiary/aromatic N) is 6. The maximum absolute atomic E-state index is 5.23. The van der Waals surface area contributed by atoms with E-state index in [1.54, 1.807) is 0 Å². The highest BCUT2D eigenvalue weighted by Gasteiger charge is 2.37. The van der Waals surface area contributed by atoms with E-state index >= 15 is 0 Å². The number of aromatic nitrogens is 6. The zero-order chi connectivity index (χ0) is 53.4. The van der Waals surface area contributed by atoms with Crippen molar-refractivity contribution < 1.29 is 0 Å². The summed E-state index contributed by atoms with van der Waals surface area (Å²) < 4.78 is 4.95. The van der Waals surface area contributed by atoms with Gasteiger partial charge in [0.25, 0.3) is 0 Å². The minimum Gasteiger partial charge on any atom is -0.208 e. The lowest BCUT2D eigenvalue weighted by atomic mass is 9.81. The van der Waals surface area contributed by atoms with Crippen LogP contribution in [0.2, 0.25) is 0 Å². The Balaban J connectivity index is 0.731. The molecule has 80 heavy (non-hydrogen) atoms. The van der Waals surface area contributed by atoms with Crippen LogP contribution in [0.25, 0.3) is 142 Å². The van der Waals surface area contributed by atoms with Crippen molar-refractivity contribution in [2.24, 2.45) is 0 Å². The molecule has 0 spiro atoms. The average Bonchev–Trinajstić information content (AvgIpc) is 4.27. The predicted molar refractivity (Wildman–Crippen MR) is 332 cm³/mol. The third-order valence-electron chi connectivity index (χ3n) is 16.8. The summed E-state index contributed by atoms with van der Waals surface area (Å²) >= 11 is 3.63. The van der Waals surface area contributed by atoms with Crippen molar-refractivity contribution in [1.82, 2.24) is 29.9 Å². The van der Waals surface area contributed by atoms with E-state index in [1.807, 2.05) is 59.1 Å². The molecule has 8 heteroatoms. The maximum atomic E-state index is 5.23. The van der Waals surface area contributed by atoms with Crippen LogP contribution >= 0.6 is 22.7 Å². The molecule has 14 aromatic rings. The second-order valence-corrected chi connectivity index (χ2v) is 24.4. The van der Waals surface area contributed by atoms with Gasteiger partial charge in [0.2, 0.25) is 0 Å². The van der Waals surface area contributed by atoms with E-state index in [0.717, 1.165) is 33.4 Å². The topological polar surface area (TPSA) is 77.3 Å². The molecule has 0 bridgehead atoms. The summed E-state index contributed by atoms with van der Waals surface area (Å²) in [4.78, 5) is 31.0. The average molecular weight is 1060 g/mol. The van der Waals surface area contributed by atoms with Crippen molar-refractivity contribution in [3.05, 3.63) is 241 Å². The number of fused-ring (bicyclic) bond motifs is 12. The second-order valence-electron chi connectivity index (χ2n) is 22.3. The molecule has 0 saturated carbocycles. The molecular weight excluding hydrogens is 1010 g/mol. The van der Waals surface area contributed by atoms with Crippen LogP contribution in [0.4, 0.5) is 0 Å². The third-order valence-corrected chi connectivity index (χ3v) is 19.1. The third kappa shape index (κ3) is 7.36. The smallest absolute Gasteiger partial charge is 0.164 e. The van der Waals surface area contributed by atoms with E-state index in [4.69, 9.17) is 29.9 Å². The van der Waals surface area contributed by atoms with Crippen molar-refractivity contribution in [1.29, 1.82) is 0 Å². The number of thiophene rings is 2. The van der Waals surface area contributed by atoms with Gasteiger partial charge in [0, 0.05) is 84.6 Å². The van der Waals surface area contributed by atoms with Gasteiger partial charge in [0.15, 0.2) is 34.9 Å². The molecule has 0 saturated heterocycles. The van der Waals surface area contributed by atoms with Crippen molar-refractivity contribution in [2.45, 2.75) is 38.5 Å². The Bertz CT molecular complexity index is 4900. The van der Waals surface area contributed by atoms with Crippen molar-refractivity contribution in [2.75, 3.05) is 0 Å². The molecule has 0 amide bonds. The summed E-state index contributed by atoms with van der Waals surface area (Å²) in [6.07, 6.45) is 0. The Morgan fingerprint density at radius 2 is 0.588 bits per heavy atom. The zero-order valence-electron chi connectivity index (χ0n) is 44.3. The van der Waals surface area contributed by atoms with Gasteiger partial charge in [0.05, 0.1) is 0 Å². The van der Waals surface area contributed by atoms with E-state index in [0.29, 0.717) is 34.9 Å². The van der Waals surface area contributed by atoms with Crippen molar-refractivity contribution in [3.63, 3.8) is 0 Å². The molecule has 16 rings (SSSR count). The fraction of sp³-hybridized carbons (Fsp3) is 0.0833. The molecule has 10 aromatic carbocycles. The van der Waals surface area contributed by atoms with E-state index in [1.165, 1.54) is 96.0 Å². The monoisotopic (exact) mass is 1060 g/mol. The summed E-state index contributed by atoms with van der Waals surface area (Å²) in [6.45, 7) is 9.31. The summed E-state index contributed by atoms with van der Waals surface area (Å²) in [6, 6.07) is 78.4. The second kappa shape index (κ2) is 17.6. The number of rotatable bonds is 7. The Hall–Kier alpha value is -9.34. The van der Waals surface area contributed by atoms with Crippen LogP contribution in [-0.2, 0) is 10.8 Å². The first-order valence-corrected chi connectivity index (χ1v) is 28.8. The van der Waals surface area contributed by atoms with Crippen LogP contribution in [0.5, 0.6) is 0 Å². The normalized spacial score (nSPS) is 13.7. The van der Waals surface area contributed by atoms with Crippen LogP contribution in [0.3, 0.4) is 0 Å². The SMILES string of the molecule is CC1(C)c2ccccc2-c2ccc(-c3nc(-c4ccccc4)nc(-c4ccc5c(c4)sc4cc(-c6ccc7c(c6)C(C)(C)c6cc(-c8nc(-c9ccccc9)nc(-c9ccc%10sc%11ccccc%11c%10c9)n8)ccc6-7)ccc45)n3)cc21. The molecule has 378 valence electrons. The van der Waals surface area contributed by atoms with E-state index in [-0.39, 0.29) is 10.8 Å². The minimum atomic E-state index is -0.282. The van der Waals surface area contributed by atoms with Gasteiger partial charge >= 0.3 is 0 Å². The van der Waals surface area contributed by atoms with Crippen molar-refractivity contribution in [3.8, 4) is 102 Å². The zero-order valence-corrected chi connectivity index (χ0v) is 45.9. The molecule has 0 unspecified atom stereocenters. The molecule has 2 aliphatic carbocycles. The van der Waals surface area contributed by atoms with Crippen molar-refractivity contribution >= 4 is 63.0 Å². The molecule has 6 nitrogen and oxygen atoms in total. The van der Waals surface area contributed by atoms with Crippen LogP contribution < -0.4 is 0 Å². The van der Waals surface area contributed by atoms with Gasteiger partial charge in [-0.2, -0.15) is 0 Å². The van der Waals surface area contributed by atoms with Gasteiger partial charge in [-0.05, 0) is 110 Å². The highest BCUT2D eigenvalue weighted by molar-refractivity contribution is 7.26. The molecule has 0 atom stereocenters. The summed E-state index contributed by atoms with van der Waals surface area (Å²) in [7, 11) is 0. The van der Waals surface area contributed by atoms with Gasteiger partial charge < -0.3 is 0 Å². The molecule has 0 fully saturated rings. The number of benzene rings is 10. The van der Waals surface area contributed by atoms with E-state index in [2.05, 4.69) is 210 Å². The van der Waals surface area contributed by atoms with Gasteiger partial charge in [-0.25, -0.2) is 29.9 Å². The van der Waals surface area contributed by atoms with E-state index in [9.17, 15) is 0 Å². The quantitative estimate of drug-likeness (QED) is 0.158. The molecule has 4 aromatic heterocycles. The highest BCUT2D eigenvalue weighted by Crippen LogP contribution is 2.52. The predicted octanol–water partition coefficient (Wildman–Crippen LogP) is 19.1. The first kappa shape index (κ1) is 46.7. The van der Waals surface area contributed by atoms with Crippen LogP contribution in [0.1, 0.15) is 49.9 Å². The first-order chi connectivity index (χ1) is 39.1. The Labute approximate surface area is 470 Å². The van der Waals surface area contributed by atoms with Crippen LogP contribution in [0.15, 0.2) is 218 Å². The summed E-state index contributed by atoms with van der Waals surface area (Å²) in [5, 5.41) is 4.92. The molecule has 0 radical (unpaired) electrons. The minimum absolute atomic E-state index is 0.143. The lowest BCUT2D eigenvalue weighted by Crippen LogP contribution is -2.15. The van der Waals surface area contributed by atoms with E-state index < -0.39 is 0 Å². The molecule has 0 N–H and O–H groups in total.